The zero-order valence-corrected chi connectivity index (χ0v) is 11.7. The quantitative estimate of drug-likeness (QED) is 0.792. The molecule has 0 saturated carbocycles. The Hall–Kier alpha value is -2.20. The molecule has 0 amide bonds. The molecule has 0 saturated heterocycles. The van der Waals surface area contributed by atoms with Crippen LogP contribution in [0.1, 0.15) is 29.8 Å². The van der Waals surface area contributed by atoms with E-state index in [9.17, 15) is 0 Å². The summed E-state index contributed by atoms with van der Waals surface area (Å²) in [5.74, 6) is 0. The van der Waals surface area contributed by atoms with E-state index >= 15 is 0 Å². The van der Waals surface area contributed by atoms with Crippen LogP contribution in [0.5, 0.6) is 0 Å². The van der Waals surface area contributed by atoms with Crippen LogP contribution in [0.2, 0.25) is 0 Å². The van der Waals surface area contributed by atoms with Crippen molar-refractivity contribution in [3.8, 4) is 0 Å². The van der Waals surface area contributed by atoms with Crippen molar-refractivity contribution >= 4 is 10.9 Å². The number of hydrogen-bond acceptors (Lipinski definition) is 3. The molecule has 4 heteroatoms. The summed E-state index contributed by atoms with van der Waals surface area (Å²) in [6, 6.07) is 10.00. The van der Waals surface area contributed by atoms with E-state index in [1.165, 1.54) is 0 Å². The van der Waals surface area contributed by atoms with E-state index in [0.717, 1.165) is 34.1 Å². The van der Waals surface area contributed by atoms with Gasteiger partial charge in [-0.3, -0.25) is 9.67 Å². The van der Waals surface area contributed by atoms with Crippen LogP contribution in [0.3, 0.4) is 0 Å². The molecule has 1 atom stereocenters. The number of hydrogen-bond donors (Lipinski definition) is 1. The Balaban J connectivity index is 2.05. The fraction of sp³-hybridized carbons (Fsp3) is 0.250. The highest BCUT2D eigenvalue weighted by molar-refractivity contribution is 5.78. The summed E-state index contributed by atoms with van der Waals surface area (Å²) in [6.45, 7) is 2.09. The van der Waals surface area contributed by atoms with Gasteiger partial charge in [-0.25, -0.2) is 0 Å². The van der Waals surface area contributed by atoms with Gasteiger partial charge in [0, 0.05) is 30.4 Å². The van der Waals surface area contributed by atoms with E-state index in [-0.39, 0.29) is 6.04 Å². The molecule has 0 fully saturated rings. The first-order valence-corrected chi connectivity index (χ1v) is 6.81. The summed E-state index contributed by atoms with van der Waals surface area (Å²) in [4.78, 5) is 4.48. The highest BCUT2D eigenvalue weighted by Crippen LogP contribution is 2.24. The third kappa shape index (κ3) is 2.18. The number of benzene rings is 1. The highest BCUT2D eigenvalue weighted by Gasteiger charge is 2.16. The Bertz CT molecular complexity index is 745. The van der Waals surface area contributed by atoms with Crippen molar-refractivity contribution in [2.45, 2.75) is 19.4 Å². The molecule has 1 unspecified atom stereocenters. The molecule has 20 heavy (non-hydrogen) atoms. The summed E-state index contributed by atoms with van der Waals surface area (Å²) in [6.07, 6.45) is 4.74. The van der Waals surface area contributed by atoms with Gasteiger partial charge in [-0.1, -0.05) is 25.1 Å². The second-order valence-electron chi connectivity index (χ2n) is 5.00. The Morgan fingerprint density at radius 3 is 2.90 bits per heavy atom. The second-order valence-corrected chi connectivity index (χ2v) is 5.00. The van der Waals surface area contributed by atoms with Crippen LogP contribution in [0.25, 0.3) is 10.9 Å². The molecular weight excluding hydrogens is 248 g/mol. The van der Waals surface area contributed by atoms with Gasteiger partial charge in [-0.05, 0) is 24.1 Å². The van der Waals surface area contributed by atoms with Crippen molar-refractivity contribution < 1.29 is 0 Å². The van der Waals surface area contributed by atoms with Crippen molar-refractivity contribution in [2.24, 2.45) is 12.8 Å². The van der Waals surface area contributed by atoms with Crippen LogP contribution in [0.15, 0.2) is 42.7 Å². The van der Waals surface area contributed by atoms with Crippen LogP contribution in [-0.2, 0) is 13.5 Å². The van der Waals surface area contributed by atoms with E-state index in [1.54, 1.807) is 0 Å². The van der Waals surface area contributed by atoms with Crippen molar-refractivity contribution in [1.29, 1.82) is 0 Å². The number of para-hydroxylation sites is 1. The minimum Gasteiger partial charge on any atom is -0.320 e. The number of nitrogens with two attached hydrogens (primary N) is 1. The molecule has 2 heterocycles. The normalized spacial score (nSPS) is 12.8. The zero-order chi connectivity index (χ0) is 14.1. The lowest BCUT2D eigenvalue weighted by molar-refractivity contribution is 0.746. The first kappa shape index (κ1) is 12.8. The predicted molar refractivity (Wildman–Crippen MR) is 80.4 cm³/mol. The van der Waals surface area contributed by atoms with Crippen LogP contribution < -0.4 is 5.73 Å². The van der Waals surface area contributed by atoms with Gasteiger partial charge in [0.15, 0.2) is 0 Å². The lowest BCUT2D eigenvalue weighted by atomic mass is 9.99. The molecule has 2 aromatic heterocycles. The zero-order valence-electron chi connectivity index (χ0n) is 11.7. The second kappa shape index (κ2) is 5.06. The molecule has 1 aromatic carbocycles. The number of pyridine rings is 1. The van der Waals surface area contributed by atoms with Gasteiger partial charge < -0.3 is 5.73 Å². The number of nitrogens with zero attached hydrogens (tertiary/aromatic N) is 3. The summed E-state index contributed by atoms with van der Waals surface area (Å²) in [5.41, 5.74) is 10.5. The summed E-state index contributed by atoms with van der Waals surface area (Å²) >= 11 is 0. The third-order valence-corrected chi connectivity index (χ3v) is 3.58. The first-order chi connectivity index (χ1) is 9.69. The Labute approximate surface area is 118 Å². The fourth-order valence-corrected chi connectivity index (χ4v) is 2.53. The van der Waals surface area contributed by atoms with Gasteiger partial charge in [0.2, 0.25) is 0 Å². The Morgan fingerprint density at radius 2 is 2.10 bits per heavy atom. The van der Waals surface area contributed by atoms with Crippen molar-refractivity contribution in [2.75, 3.05) is 0 Å². The summed E-state index contributed by atoms with van der Waals surface area (Å²) in [7, 11) is 1.92. The summed E-state index contributed by atoms with van der Waals surface area (Å²) in [5, 5.41) is 5.57. The lowest BCUT2D eigenvalue weighted by Crippen LogP contribution is -2.13. The fourth-order valence-electron chi connectivity index (χ4n) is 2.53. The minimum atomic E-state index is -0.184. The average Bonchev–Trinajstić information content (AvgIpc) is 2.87. The van der Waals surface area contributed by atoms with Crippen molar-refractivity contribution in [1.82, 2.24) is 14.8 Å². The molecule has 3 rings (SSSR count). The largest absolute Gasteiger partial charge is 0.320 e. The smallest absolute Gasteiger partial charge is 0.0702 e. The van der Waals surface area contributed by atoms with Gasteiger partial charge >= 0.3 is 0 Å². The SMILES string of the molecule is CCc1nn(C)cc1C(N)c1cnc2ccccc2c1. The monoisotopic (exact) mass is 266 g/mol. The topological polar surface area (TPSA) is 56.7 Å². The number of aromatic nitrogens is 3. The van der Waals surface area contributed by atoms with E-state index in [4.69, 9.17) is 5.73 Å². The lowest BCUT2D eigenvalue weighted by Gasteiger charge is -2.12. The van der Waals surface area contributed by atoms with E-state index in [0.29, 0.717) is 0 Å². The predicted octanol–water partition coefficient (Wildman–Crippen LogP) is 2.58. The van der Waals surface area contributed by atoms with Crippen LogP contribution >= 0.6 is 0 Å². The number of fused-ring (bicyclic) bond motifs is 1. The maximum absolute atomic E-state index is 6.40. The Kier molecular flexibility index (Phi) is 3.24. The highest BCUT2D eigenvalue weighted by atomic mass is 15.3. The van der Waals surface area contributed by atoms with Crippen LogP contribution in [0, 0.1) is 0 Å². The van der Waals surface area contributed by atoms with Gasteiger partial charge in [0.05, 0.1) is 17.3 Å². The number of rotatable bonds is 3. The van der Waals surface area contributed by atoms with Gasteiger partial charge in [0.1, 0.15) is 0 Å². The van der Waals surface area contributed by atoms with Crippen LogP contribution in [-0.4, -0.2) is 14.8 Å². The van der Waals surface area contributed by atoms with Crippen molar-refractivity contribution in [3.63, 3.8) is 0 Å². The summed E-state index contributed by atoms with van der Waals surface area (Å²) < 4.78 is 1.82. The molecule has 0 aliphatic rings. The minimum absolute atomic E-state index is 0.184. The van der Waals surface area contributed by atoms with Gasteiger partial charge in [-0.15, -0.1) is 0 Å². The van der Waals surface area contributed by atoms with E-state index < -0.39 is 0 Å². The molecule has 4 nitrogen and oxygen atoms in total. The molecule has 2 N–H and O–H groups in total. The molecule has 0 radical (unpaired) electrons. The van der Waals surface area contributed by atoms with E-state index in [2.05, 4.69) is 29.1 Å². The molecule has 0 spiro atoms. The molecule has 0 bridgehead atoms. The molecular formula is C16H18N4. The number of aryl methyl sites for hydroxylation is 2. The average molecular weight is 266 g/mol. The van der Waals surface area contributed by atoms with E-state index in [1.807, 2.05) is 42.3 Å². The Morgan fingerprint density at radius 1 is 1.30 bits per heavy atom. The van der Waals surface area contributed by atoms with Crippen molar-refractivity contribution in [3.05, 3.63) is 59.5 Å². The van der Waals surface area contributed by atoms with Gasteiger partial charge in [-0.2, -0.15) is 5.10 Å². The molecule has 0 aliphatic carbocycles. The third-order valence-electron chi connectivity index (χ3n) is 3.58. The van der Waals surface area contributed by atoms with Crippen LogP contribution in [0.4, 0.5) is 0 Å². The molecule has 3 aromatic rings. The molecule has 0 aliphatic heterocycles. The first-order valence-electron chi connectivity index (χ1n) is 6.81. The standard InChI is InChI=1S/C16H18N4/c1-3-14-13(10-20(2)19-14)16(17)12-8-11-6-4-5-7-15(11)18-9-12/h4-10,16H,3,17H2,1-2H3. The maximum atomic E-state index is 6.40. The molecule has 102 valence electrons. The van der Waals surface area contributed by atoms with Gasteiger partial charge in [0.25, 0.3) is 0 Å². The maximum Gasteiger partial charge on any atom is 0.0702 e.